The highest BCUT2D eigenvalue weighted by Gasteiger charge is 2.23. The van der Waals surface area contributed by atoms with Crippen molar-refractivity contribution in [2.75, 3.05) is 14.2 Å². The fraction of sp³-hybridized carbons (Fsp3) is 0.143. The Hall–Kier alpha value is -4.24. The van der Waals surface area contributed by atoms with Crippen molar-refractivity contribution in [2.45, 2.75) is 13.5 Å². The first kappa shape index (κ1) is 24.5. The number of ether oxygens (including phenoxy) is 2. The zero-order chi connectivity index (χ0) is 26.3. The van der Waals surface area contributed by atoms with E-state index < -0.39 is 22.9 Å². The first-order valence-electron chi connectivity index (χ1n) is 11.3. The summed E-state index contributed by atoms with van der Waals surface area (Å²) in [6, 6.07) is 17.4. The van der Waals surface area contributed by atoms with Crippen molar-refractivity contribution in [1.29, 1.82) is 0 Å². The van der Waals surface area contributed by atoms with Gasteiger partial charge in [0.2, 0.25) is 0 Å². The number of fused-ring (bicyclic) bond motifs is 1. The number of nitrogens with zero attached hydrogens (tertiary/aromatic N) is 2. The van der Waals surface area contributed by atoms with Gasteiger partial charge >= 0.3 is 5.69 Å². The van der Waals surface area contributed by atoms with E-state index in [0.717, 1.165) is 27.1 Å². The molecule has 0 N–H and O–H groups in total. The van der Waals surface area contributed by atoms with Gasteiger partial charge < -0.3 is 9.47 Å². The minimum absolute atomic E-state index is 0.265. The van der Waals surface area contributed by atoms with E-state index in [9.17, 15) is 18.4 Å². The molecule has 2 heterocycles. The van der Waals surface area contributed by atoms with Crippen molar-refractivity contribution in [2.24, 2.45) is 0 Å². The maximum Gasteiger partial charge on any atom is 0.337 e. The van der Waals surface area contributed by atoms with Gasteiger partial charge in [-0.2, -0.15) is 0 Å². The molecule has 0 unspecified atom stereocenters. The van der Waals surface area contributed by atoms with Gasteiger partial charge in [-0.3, -0.25) is 9.36 Å². The minimum Gasteiger partial charge on any atom is -0.497 e. The Labute approximate surface area is 214 Å². The van der Waals surface area contributed by atoms with Crippen LogP contribution in [0.4, 0.5) is 8.78 Å². The highest BCUT2D eigenvalue weighted by molar-refractivity contribution is 7.22. The zero-order valence-corrected chi connectivity index (χ0v) is 21.1. The summed E-state index contributed by atoms with van der Waals surface area (Å²) in [7, 11) is 3.05. The van der Waals surface area contributed by atoms with Crippen LogP contribution in [0.1, 0.15) is 11.1 Å². The Morgan fingerprint density at radius 2 is 1.51 bits per heavy atom. The van der Waals surface area contributed by atoms with Gasteiger partial charge in [0, 0.05) is 16.5 Å². The molecule has 0 aliphatic carbocycles. The van der Waals surface area contributed by atoms with Crippen LogP contribution in [-0.4, -0.2) is 23.4 Å². The average Bonchev–Trinajstić information content (AvgIpc) is 3.25. The van der Waals surface area contributed by atoms with Crippen LogP contribution >= 0.6 is 11.3 Å². The van der Waals surface area contributed by atoms with Crippen molar-refractivity contribution < 1.29 is 18.3 Å². The number of hydrogen-bond acceptors (Lipinski definition) is 5. The second kappa shape index (κ2) is 9.67. The fourth-order valence-corrected chi connectivity index (χ4v) is 5.62. The number of benzene rings is 3. The van der Waals surface area contributed by atoms with Crippen LogP contribution in [0.15, 0.2) is 76.3 Å². The number of thiophene rings is 1. The lowest BCUT2D eigenvalue weighted by Gasteiger charge is -2.14. The summed E-state index contributed by atoms with van der Waals surface area (Å²) in [5, 5.41) is 0.301. The van der Waals surface area contributed by atoms with Gasteiger partial charge in [-0.15, -0.1) is 11.3 Å². The first-order valence-corrected chi connectivity index (χ1v) is 12.2. The van der Waals surface area contributed by atoms with E-state index in [1.807, 2.05) is 12.1 Å². The minimum atomic E-state index is -0.775. The maximum absolute atomic E-state index is 14.6. The molecule has 0 fully saturated rings. The van der Waals surface area contributed by atoms with Crippen LogP contribution in [0.25, 0.3) is 26.3 Å². The molecule has 0 bridgehead atoms. The van der Waals surface area contributed by atoms with Gasteiger partial charge in [-0.05, 0) is 66.6 Å². The van der Waals surface area contributed by atoms with E-state index in [1.54, 1.807) is 50.4 Å². The largest absolute Gasteiger partial charge is 0.497 e. The normalized spacial score (nSPS) is 11.2. The standard InChI is InChI=1S/C28H22F2N2O4S/c1-16-24-26(33)32(18-6-4-7-20(14-18)36-3)28(34)31(15-21-22(29)8-5-9-23(21)30)27(24)37-25(16)17-10-12-19(35-2)13-11-17/h4-14H,15H2,1-3H3. The Kier molecular flexibility index (Phi) is 6.39. The quantitative estimate of drug-likeness (QED) is 0.295. The lowest BCUT2D eigenvalue weighted by Crippen LogP contribution is -2.39. The van der Waals surface area contributed by atoms with E-state index in [-0.39, 0.29) is 17.8 Å². The molecule has 2 aromatic heterocycles. The van der Waals surface area contributed by atoms with E-state index >= 15 is 0 Å². The molecule has 9 heteroatoms. The van der Waals surface area contributed by atoms with Crippen molar-refractivity contribution in [1.82, 2.24) is 9.13 Å². The molecule has 0 aliphatic rings. The summed E-state index contributed by atoms with van der Waals surface area (Å²) < 4.78 is 42.1. The second-order valence-electron chi connectivity index (χ2n) is 8.38. The molecule has 0 aliphatic heterocycles. The number of aromatic nitrogens is 2. The van der Waals surface area contributed by atoms with Gasteiger partial charge in [0.25, 0.3) is 5.56 Å². The average molecular weight is 521 g/mol. The highest BCUT2D eigenvalue weighted by Crippen LogP contribution is 2.37. The lowest BCUT2D eigenvalue weighted by atomic mass is 10.1. The van der Waals surface area contributed by atoms with Crippen molar-refractivity contribution in [3.8, 4) is 27.6 Å². The number of methoxy groups -OCH3 is 2. The van der Waals surface area contributed by atoms with Gasteiger partial charge in [0.15, 0.2) is 0 Å². The molecule has 0 spiro atoms. The molecular weight excluding hydrogens is 498 g/mol. The van der Waals surface area contributed by atoms with E-state index in [0.29, 0.717) is 27.3 Å². The van der Waals surface area contributed by atoms with Crippen LogP contribution in [0, 0.1) is 18.6 Å². The van der Waals surface area contributed by atoms with Gasteiger partial charge in [0.1, 0.15) is 28.0 Å². The third kappa shape index (κ3) is 4.21. The number of halogens is 2. The van der Waals surface area contributed by atoms with Crippen molar-refractivity contribution in [3.63, 3.8) is 0 Å². The SMILES string of the molecule is COc1ccc(-c2sc3c(c2C)c(=O)n(-c2cccc(OC)c2)c(=O)n3Cc2c(F)cccc2F)cc1. The van der Waals surface area contributed by atoms with E-state index in [2.05, 4.69) is 0 Å². The molecule has 0 saturated carbocycles. The number of aryl methyl sites for hydroxylation is 1. The zero-order valence-electron chi connectivity index (χ0n) is 20.2. The highest BCUT2D eigenvalue weighted by atomic mass is 32.1. The Morgan fingerprint density at radius 1 is 0.865 bits per heavy atom. The Bertz CT molecular complexity index is 1730. The van der Waals surface area contributed by atoms with Crippen molar-refractivity contribution in [3.05, 3.63) is 110 Å². The molecule has 5 rings (SSSR count). The molecule has 0 amide bonds. The Balaban J connectivity index is 1.84. The summed E-state index contributed by atoms with van der Waals surface area (Å²) in [4.78, 5) is 28.7. The predicted molar refractivity (Wildman–Crippen MR) is 140 cm³/mol. The molecule has 37 heavy (non-hydrogen) atoms. The van der Waals surface area contributed by atoms with Gasteiger partial charge in [0.05, 0.1) is 31.8 Å². The van der Waals surface area contributed by atoms with Crippen LogP contribution < -0.4 is 20.7 Å². The molecule has 188 valence electrons. The summed E-state index contributed by atoms with van der Waals surface area (Å²) in [6.45, 7) is 1.41. The smallest absolute Gasteiger partial charge is 0.337 e. The van der Waals surface area contributed by atoms with Crippen LogP contribution in [-0.2, 0) is 6.54 Å². The summed E-state index contributed by atoms with van der Waals surface area (Å²) in [5.41, 5.74) is 0.273. The molecule has 0 saturated heterocycles. The predicted octanol–water partition coefficient (Wildman–Crippen LogP) is 5.53. The van der Waals surface area contributed by atoms with Crippen LogP contribution in [0.3, 0.4) is 0 Å². The van der Waals surface area contributed by atoms with E-state index in [4.69, 9.17) is 9.47 Å². The van der Waals surface area contributed by atoms with E-state index in [1.165, 1.54) is 29.1 Å². The summed E-state index contributed by atoms with van der Waals surface area (Å²) in [6.07, 6.45) is 0. The monoisotopic (exact) mass is 520 g/mol. The maximum atomic E-state index is 14.6. The van der Waals surface area contributed by atoms with Crippen LogP contribution in [0.5, 0.6) is 11.5 Å². The number of hydrogen-bond donors (Lipinski definition) is 0. The first-order chi connectivity index (χ1) is 17.8. The topological polar surface area (TPSA) is 62.5 Å². The molecule has 0 radical (unpaired) electrons. The van der Waals surface area contributed by atoms with Crippen molar-refractivity contribution >= 4 is 21.6 Å². The third-order valence-corrected chi connectivity index (χ3v) is 7.62. The summed E-state index contributed by atoms with van der Waals surface area (Å²) >= 11 is 1.23. The van der Waals surface area contributed by atoms with Gasteiger partial charge in [-0.1, -0.05) is 12.1 Å². The second-order valence-corrected chi connectivity index (χ2v) is 9.37. The van der Waals surface area contributed by atoms with Crippen LogP contribution in [0.2, 0.25) is 0 Å². The third-order valence-electron chi connectivity index (χ3n) is 6.25. The summed E-state index contributed by atoms with van der Waals surface area (Å²) in [5.74, 6) is -0.419. The molecule has 0 atom stereocenters. The molecule has 6 nitrogen and oxygen atoms in total. The molecular formula is C28H22F2N2O4S. The van der Waals surface area contributed by atoms with Gasteiger partial charge in [-0.25, -0.2) is 18.1 Å². The molecule has 3 aromatic carbocycles. The fourth-order valence-electron chi connectivity index (χ4n) is 4.32. The number of rotatable bonds is 6. The molecule has 5 aromatic rings. The lowest BCUT2D eigenvalue weighted by molar-refractivity contribution is 0.414. The Morgan fingerprint density at radius 3 is 2.16 bits per heavy atom.